The second-order valence-corrected chi connectivity index (χ2v) is 8.36. The summed E-state index contributed by atoms with van der Waals surface area (Å²) >= 11 is 0. The molecule has 5 rings (SSSR count). The van der Waals surface area contributed by atoms with Gasteiger partial charge in [0, 0.05) is 23.5 Å². The Labute approximate surface area is 179 Å². The Morgan fingerprint density at radius 3 is 2.81 bits per heavy atom. The Hall–Kier alpha value is -3.31. The number of nitrogens with one attached hydrogen (secondary N) is 1. The van der Waals surface area contributed by atoms with E-state index in [1.165, 1.54) is 12.1 Å². The zero-order valence-electron chi connectivity index (χ0n) is 17.7. The molecule has 2 aliphatic rings. The number of rotatable bonds is 4. The number of halogens is 1. The van der Waals surface area contributed by atoms with Crippen LogP contribution in [0.1, 0.15) is 41.8 Å². The molecule has 0 aliphatic carbocycles. The predicted molar refractivity (Wildman–Crippen MR) is 115 cm³/mol. The molecule has 0 radical (unpaired) electrons. The summed E-state index contributed by atoms with van der Waals surface area (Å²) in [5.41, 5.74) is 2.60. The summed E-state index contributed by atoms with van der Waals surface area (Å²) < 4.78 is 19.8. The normalized spacial score (nSPS) is 20.8. The van der Waals surface area contributed by atoms with Gasteiger partial charge in [-0.2, -0.15) is 10.4 Å². The standard InChI is InChI=1S/C23H23FN6O/c1-12-15(8-25)4-16(24)5-19(12)13(2)27-23-20-7-22(26-9-21(20)14(3)28-29-23)30-10-18-6-17(30)11-31-18/h4-5,7,9,13,17-18H,6,10-11H2,1-3H3,(H,27,29)/t13-,17-,18-/m1/s1. The third-order valence-electron chi connectivity index (χ3n) is 6.38. The number of nitriles is 1. The summed E-state index contributed by atoms with van der Waals surface area (Å²) in [5.74, 6) is 1.09. The highest BCUT2D eigenvalue weighted by Crippen LogP contribution is 2.35. The highest BCUT2D eigenvalue weighted by atomic mass is 19.1. The van der Waals surface area contributed by atoms with Crippen molar-refractivity contribution in [2.45, 2.75) is 45.4 Å². The Bertz CT molecular complexity index is 1220. The minimum absolute atomic E-state index is 0.268. The molecule has 0 amide bonds. The van der Waals surface area contributed by atoms with Gasteiger partial charge < -0.3 is 15.0 Å². The number of aromatic nitrogens is 3. The van der Waals surface area contributed by atoms with E-state index in [0.717, 1.165) is 53.0 Å². The van der Waals surface area contributed by atoms with Gasteiger partial charge >= 0.3 is 0 Å². The van der Waals surface area contributed by atoms with Gasteiger partial charge in [0.1, 0.15) is 11.6 Å². The fourth-order valence-corrected chi connectivity index (χ4v) is 4.65. The predicted octanol–water partition coefficient (Wildman–Crippen LogP) is 3.80. The molecule has 3 aromatic rings. The minimum Gasteiger partial charge on any atom is -0.374 e. The zero-order valence-corrected chi connectivity index (χ0v) is 17.7. The maximum atomic E-state index is 14.1. The van der Waals surface area contributed by atoms with E-state index in [2.05, 4.69) is 31.5 Å². The monoisotopic (exact) mass is 418 g/mol. The van der Waals surface area contributed by atoms with Crippen LogP contribution < -0.4 is 10.2 Å². The molecule has 1 N–H and O–H groups in total. The second kappa shape index (κ2) is 7.43. The molecule has 31 heavy (non-hydrogen) atoms. The van der Waals surface area contributed by atoms with E-state index in [1.807, 2.05) is 33.0 Å². The summed E-state index contributed by atoms with van der Waals surface area (Å²) in [6.07, 6.45) is 3.16. The van der Waals surface area contributed by atoms with Gasteiger partial charge in [-0.05, 0) is 56.5 Å². The first kappa shape index (κ1) is 19.6. The van der Waals surface area contributed by atoms with Crippen molar-refractivity contribution in [3.8, 4) is 6.07 Å². The van der Waals surface area contributed by atoms with Crippen LogP contribution >= 0.6 is 0 Å². The summed E-state index contributed by atoms with van der Waals surface area (Å²) in [5, 5.41) is 23.2. The molecule has 2 aliphatic heterocycles. The number of fused-ring (bicyclic) bond motifs is 3. The van der Waals surface area contributed by atoms with Crippen LogP contribution in [0.5, 0.6) is 0 Å². The molecule has 2 fully saturated rings. The highest BCUT2D eigenvalue weighted by Gasteiger charge is 2.39. The van der Waals surface area contributed by atoms with Gasteiger partial charge in [0.05, 0.1) is 42.1 Å². The van der Waals surface area contributed by atoms with Crippen molar-refractivity contribution in [1.29, 1.82) is 5.26 Å². The average molecular weight is 418 g/mol. The third kappa shape index (κ3) is 3.35. The summed E-state index contributed by atoms with van der Waals surface area (Å²) in [7, 11) is 0. The first-order chi connectivity index (χ1) is 14.9. The lowest BCUT2D eigenvalue weighted by Gasteiger charge is -2.28. The van der Waals surface area contributed by atoms with E-state index in [0.29, 0.717) is 17.4 Å². The van der Waals surface area contributed by atoms with Gasteiger partial charge in [-0.3, -0.25) is 0 Å². The van der Waals surface area contributed by atoms with Crippen molar-refractivity contribution in [2.24, 2.45) is 0 Å². The van der Waals surface area contributed by atoms with Gasteiger partial charge in [0.25, 0.3) is 0 Å². The molecule has 1 aromatic carbocycles. The van der Waals surface area contributed by atoms with Crippen LogP contribution in [0.2, 0.25) is 0 Å². The van der Waals surface area contributed by atoms with Crippen LogP contribution in [0.3, 0.4) is 0 Å². The van der Waals surface area contributed by atoms with Crippen LogP contribution in [-0.2, 0) is 4.74 Å². The number of hydrogen-bond donors (Lipinski definition) is 1. The van der Waals surface area contributed by atoms with E-state index < -0.39 is 5.82 Å². The number of morpholine rings is 1. The van der Waals surface area contributed by atoms with Crippen molar-refractivity contribution < 1.29 is 9.13 Å². The minimum atomic E-state index is -0.427. The fourth-order valence-electron chi connectivity index (χ4n) is 4.65. The van der Waals surface area contributed by atoms with Crippen LogP contribution in [0.25, 0.3) is 10.8 Å². The molecule has 7 nitrogen and oxygen atoms in total. The van der Waals surface area contributed by atoms with Crippen LogP contribution in [0, 0.1) is 31.0 Å². The quantitative estimate of drug-likeness (QED) is 0.689. The topological polar surface area (TPSA) is 87.0 Å². The molecule has 0 saturated carbocycles. The first-order valence-electron chi connectivity index (χ1n) is 10.4. The van der Waals surface area contributed by atoms with Crippen molar-refractivity contribution in [3.05, 3.63) is 52.6 Å². The van der Waals surface area contributed by atoms with Gasteiger partial charge in [-0.1, -0.05) is 0 Å². The molecule has 0 spiro atoms. The van der Waals surface area contributed by atoms with Gasteiger partial charge in [0.2, 0.25) is 0 Å². The largest absolute Gasteiger partial charge is 0.374 e. The molecule has 4 heterocycles. The lowest BCUT2D eigenvalue weighted by molar-refractivity contribution is 0.0989. The smallest absolute Gasteiger partial charge is 0.157 e. The molecule has 158 valence electrons. The van der Waals surface area contributed by atoms with Gasteiger partial charge in [0.15, 0.2) is 5.82 Å². The molecular weight excluding hydrogens is 395 g/mol. The maximum absolute atomic E-state index is 14.1. The number of anilines is 2. The second-order valence-electron chi connectivity index (χ2n) is 8.36. The van der Waals surface area contributed by atoms with E-state index in [-0.39, 0.29) is 12.1 Å². The van der Waals surface area contributed by atoms with Crippen molar-refractivity contribution in [1.82, 2.24) is 15.2 Å². The number of nitrogens with zero attached hydrogens (tertiary/aromatic N) is 5. The van der Waals surface area contributed by atoms with E-state index >= 15 is 0 Å². The number of ether oxygens (including phenoxy) is 1. The zero-order chi connectivity index (χ0) is 21.7. The molecule has 2 bridgehead atoms. The summed E-state index contributed by atoms with van der Waals surface area (Å²) in [6.45, 7) is 7.25. The van der Waals surface area contributed by atoms with Crippen molar-refractivity contribution in [3.63, 3.8) is 0 Å². The van der Waals surface area contributed by atoms with Crippen molar-refractivity contribution in [2.75, 3.05) is 23.4 Å². The lowest BCUT2D eigenvalue weighted by atomic mass is 9.97. The summed E-state index contributed by atoms with van der Waals surface area (Å²) in [4.78, 5) is 6.98. The highest BCUT2D eigenvalue weighted by molar-refractivity contribution is 5.94. The van der Waals surface area contributed by atoms with Crippen LogP contribution in [0.4, 0.5) is 16.0 Å². The Balaban J connectivity index is 1.53. The fraction of sp³-hybridized carbons (Fsp3) is 0.391. The average Bonchev–Trinajstić information content (AvgIpc) is 3.40. The molecular formula is C23H23FN6O. The lowest BCUT2D eigenvalue weighted by Crippen LogP contribution is -2.37. The first-order valence-corrected chi connectivity index (χ1v) is 10.4. The third-order valence-corrected chi connectivity index (χ3v) is 6.38. The van der Waals surface area contributed by atoms with Gasteiger partial charge in [-0.15, -0.1) is 5.10 Å². The van der Waals surface area contributed by atoms with Gasteiger partial charge in [-0.25, -0.2) is 9.37 Å². The number of aryl methyl sites for hydroxylation is 1. The molecule has 3 atom stereocenters. The van der Waals surface area contributed by atoms with Crippen LogP contribution in [-0.4, -0.2) is 40.5 Å². The number of pyridine rings is 1. The number of benzene rings is 1. The maximum Gasteiger partial charge on any atom is 0.157 e. The SMILES string of the molecule is Cc1c(C#N)cc(F)cc1[C@@H](C)Nc1nnc(C)c2cnc(N3C[C@H]4C[C@@H]3CO4)cc12. The Kier molecular flexibility index (Phi) is 4.71. The Morgan fingerprint density at radius 2 is 2.10 bits per heavy atom. The molecule has 8 heteroatoms. The van der Waals surface area contributed by atoms with E-state index in [1.54, 1.807) is 0 Å². The van der Waals surface area contributed by atoms with E-state index in [9.17, 15) is 9.65 Å². The molecule has 2 saturated heterocycles. The van der Waals surface area contributed by atoms with Crippen LogP contribution in [0.15, 0.2) is 24.4 Å². The molecule has 2 aromatic heterocycles. The Morgan fingerprint density at radius 1 is 1.26 bits per heavy atom. The summed E-state index contributed by atoms with van der Waals surface area (Å²) in [6, 6.07) is 6.93. The number of hydrogen-bond acceptors (Lipinski definition) is 7. The molecule has 0 unspecified atom stereocenters. The van der Waals surface area contributed by atoms with Crippen molar-refractivity contribution >= 4 is 22.4 Å². The van der Waals surface area contributed by atoms with E-state index in [4.69, 9.17) is 4.74 Å².